The molecule has 0 bridgehead atoms. The summed E-state index contributed by atoms with van der Waals surface area (Å²) in [4.78, 5) is 40.1. The van der Waals surface area contributed by atoms with Crippen molar-refractivity contribution < 1.29 is 23.9 Å². The van der Waals surface area contributed by atoms with E-state index in [1.54, 1.807) is 23.6 Å². The lowest BCUT2D eigenvalue weighted by Crippen LogP contribution is -2.21. The van der Waals surface area contributed by atoms with Gasteiger partial charge in [0.1, 0.15) is 22.9 Å². The van der Waals surface area contributed by atoms with Gasteiger partial charge in [-0.25, -0.2) is 9.78 Å². The van der Waals surface area contributed by atoms with Crippen LogP contribution in [0.15, 0.2) is 47.8 Å². The molecule has 8 nitrogen and oxygen atoms in total. The number of para-hydroxylation sites is 1. The summed E-state index contributed by atoms with van der Waals surface area (Å²) in [5, 5.41) is 5.26. The average Bonchev–Trinajstić information content (AvgIpc) is 3.20. The van der Waals surface area contributed by atoms with Gasteiger partial charge in [-0.05, 0) is 43.2 Å². The van der Waals surface area contributed by atoms with E-state index in [9.17, 15) is 14.4 Å². The fraction of sp³-hybridized carbons (Fsp3) is 0.217. The van der Waals surface area contributed by atoms with Gasteiger partial charge in [0.15, 0.2) is 6.61 Å². The average molecular weight is 454 g/mol. The maximum Gasteiger partial charge on any atom is 0.342 e. The Bertz CT molecular complexity index is 1140. The molecular weight excluding hydrogens is 430 g/mol. The topological polar surface area (TPSA) is 121 Å². The number of nitrogens with one attached hydrogen (secondary N) is 1. The van der Waals surface area contributed by atoms with E-state index in [-0.39, 0.29) is 36.9 Å². The third-order valence-electron chi connectivity index (χ3n) is 4.41. The molecule has 0 aliphatic rings. The van der Waals surface area contributed by atoms with E-state index < -0.39 is 11.9 Å². The second kappa shape index (κ2) is 10.5. The first kappa shape index (κ1) is 23.0. The number of hydrogen-bond acceptors (Lipinski definition) is 7. The van der Waals surface area contributed by atoms with Crippen LogP contribution in [0, 0.1) is 13.8 Å². The molecule has 0 aliphatic carbocycles. The number of aryl methyl sites for hydroxylation is 2. The van der Waals surface area contributed by atoms with Gasteiger partial charge in [0.25, 0.3) is 5.91 Å². The minimum absolute atomic E-state index is 0.0574. The van der Waals surface area contributed by atoms with Crippen LogP contribution in [0.1, 0.15) is 32.2 Å². The Morgan fingerprint density at radius 3 is 2.69 bits per heavy atom. The minimum Gasteiger partial charge on any atom is -0.483 e. The van der Waals surface area contributed by atoms with Gasteiger partial charge in [0.2, 0.25) is 5.91 Å². The molecule has 0 aliphatic heterocycles. The molecule has 32 heavy (non-hydrogen) atoms. The maximum atomic E-state index is 12.4. The number of primary amides is 1. The zero-order valence-corrected chi connectivity index (χ0v) is 18.5. The highest BCUT2D eigenvalue weighted by Crippen LogP contribution is 2.21. The van der Waals surface area contributed by atoms with E-state index in [4.69, 9.17) is 15.2 Å². The van der Waals surface area contributed by atoms with E-state index >= 15 is 0 Å². The number of rotatable bonds is 9. The van der Waals surface area contributed by atoms with Crippen LogP contribution < -0.4 is 15.8 Å². The summed E-state index contributed by atoms with van der Waals surface area (Å²) in [7, 11) is 0. The summed E-state index contributed by atoms with van der Waals surface area (Å²) in [6.45, 7) is 3.50. The first-order valence-corrected chi connectivity index (χ1v) is 10.7. The number of carbonyl (C=O) groups is 3. The molecule has 1 aromatic heterocycles. The van der Waals surface area contributed by atoms with Crippen molar-refractivity contribution in [3.05, 3.63) is 75.2 Å². The highest BCUT2D eigenvalue weighted by molar-refractivity contribution is 7.09. The smallest absolute Gasteiger partial charge is 0.342 e. The first-order valence-electron chi connectivity index (χ1n) is 9.79. The SMILES string of the molecule is Cc1ccc(C)c(NC(=O)Cc2nc(COC(=O)c3ccccc3OCC(N)=O)cs2)c1. The van der Waals surface area contributed by atoms with Gasteiger partial charge in [0.05, 0.1) is 12.1 Å². The maximum absolute atomic E-state index is 12.4. The first-order chi connectivity index (χ1) is 15.3. The van der Waals surface area contributed by atoms with Crippen LogP contribution in [-0.2, 0) is 27.4 Å². The molecule has 0 unspecified atom stereocenters. The number of aromatic nitrogens is 1. The normalized spacial score (nSPS) is 10.4. The Labute approximate surface area is 189 Å². The van der Waals surface area contributed by atoms with Gasteiger partial charge in [-0.15, -0.1) is 11.3 Å². The number of nitrogens with two attached hydrogens (primary N) is 1. The number of ether oxygens (including phenoxy) is 2. The zero-order chi connectivity index (χ0) is 23.1. The number of hydrogen-bond donors (Lipinski definition) is 2. The van der Waals surface area contributed by atoms with Gasteiger partial charge in [0, 0.05) is 11.1 Å². The van der Waals surface area contributed by atoms with Crippen LogP contribution >= 0.6 is 11.3 Å². The Balaban J connectivity index is 1.55. The number of anilines is 1. The summed E-state index contributed by atoms with van der Waals surface area (Å²) >= 11 is 1.32. The lowest BCUT2D eigenvalue weighted by atomic mass is 10.1. The molecule has 0 radical (unpaired) electrons. The van der Waals surface area contributed by atoms with Crippen LogP contribution in [0.25, 0.3) is 0 Å². The van der Waals surface area contributed by atoms with Crippen LogP contribution in [0.4, 0.5) is 5.69 Å². The monoisotopic (exact) mass is 453 g/mol. The molecule has 0 saturated carbocycles. The van der Waals surface area contributed by atoms with Crippen LogP contribution in [0.3, 0.4) is 0 Å². The summed E-state index contributed by atoms with van der Waals surface area (Å²) in [5.41, 5.74) is 8.61. The van der Waals surface area contributed by atoms with E-state index in [1.165, 1.54) is 17.4 Å². The Morgan fingerprint density at radius 1 is 1.12 bits per heavy atom. The quantitative estimate of drug-likeness (QED) is 0.480. The lowest BCUT2D eigenvalue weighted by Gasteiger charge is -2.09. The summed E-state index contributed by atoms with van der Waals surface area (Å²) in [6.07, 6.45) is 0.121. The second-order valence-corrected chi connectivity index (χ2v) is 8.05. The minimum atomic E-state index is -0.648. The van der Waals surface area contributed by atoms with Gasteiger partial charge < -0.3 is 20.5 Å². The van der Waals surface area contributed by atoms with Crippen molar-refractivity contribution in [2.75, 3.05) is 11.9 Å². The van der Waals surface area contributed by atoms with Crippen molar-refractivity contribution in [1.29, 1.82) is 0 Å². The van der Waals surface area contributed by atoms with Crippen molar-refractivity contribution >= 4 is 34.8 Å². The number of carbonyl (C=O) groups excluding carboxylic acids is 3. The number of esters is 1. The van der Waals surface area contributed by atoms with Crippen LogP contribution in [0.2, 0.25) is 0 Å². The molecule has 0 saturated heterocycles. The highest BCUT2D eigenvalue weighted by Gasteiger charge is 2.16. The molecule has 166 valence electrons. The van der Waals surface area contributed by atoms with Gasteiger partial charge >= 0.3 is 5.97 Å². The molecule has 9 heteroatoms. The van der Waals surface area contributed by atoms with E-state index in [0.717, 1.165) is 16.8 Å². The standard InChI is InChI=1S/C23H23N3O5S/c1-14-7-8-15(2)18(9-14)26-21(28)10-22-25-16(13-32-22)11-31-23(29)17-5-3-4-6-19(17)30-12-20(24)27/h3-9,13H,10-12H2,1-2H3,(H2,24,27)(H,26,28). The summed E-state index contributed by atoms with van der Waals surface area (Å²) in [6, 6.07) is 12.3. The highest BCUT2D eigenvalue weighted by atomic mass is 32.1. The molecule has 3 aromatic rings. The van der Waals surface area contributed by atoms with Crippen molar-refractivity contribution in [1.82, 2.24) is 4.98 Å². The van der Waals surface area contributed by atoms with E-state index in [1.807, 2.05) is 32.0 Å². The molecule has 0 atom stereocenters. The summed E-state index contributed by atoms with van der Waals surface area (Å²) < 4.78 is 10.6. The Hall–Kier alpha value is -3.72. The predicted octanol–water partition coefficient (Wildman–Crippen LogP) is 3.16. The van der Waals surface area contributed by atoms with Gasteiger partial charge in [-0.2, -0.15) is 0 Å². The van der Waals surface area contributed by atoms with Crippen molar-refractivity contribution in [2.45, 2.75) is 26.9 Å². The molecule has 2 amide bonds. The predicted molar refractivity (Wildman–Crippen MR) is 121 cm³/mol. The summed E-state index contributed by atoms with van der Waals surface area (Å²) in [5.74, 6) is -1.23. The van der Waals surface area contributed by atoms with Gasteiger partial charge in [-0.3, -0.25) is 9.59 Å². The fourth-order valence-electron chi connectivity index (χ4n) is 2.83. The third-order valence-corrected chi connectivity index (χ3v) is 5.30. The molecule has 3 rings (SSSR count). The van der Waals surface area contributed by atoms with Crippen molar-refractivity contribution in [3.63, 3.8) is 0 Å². The second-order valence-electron chi connectivity index (χ2n) is 7.10. The van der Waals surface area contributed by atoms with E-state index in [2.05, 4.69) is 10.3 Å². The van der Waals surface area contributed by atoms with Crippen LogP contribution in [-0.4, -0.2) is 29.4 Å². The third kappa shape index (κ3) is 6.39. The zero-order valence-electron chi connectivity index (χ0n) is 17.7. The number of nitrogens with zero attached hydrogens (tertiary/aromatic N) is 1. The van der Waals surface area contributed by atoms with Crippen molar-refractivity contribution in [2.24, 2.45) is 5.73 Å². The van der Waals surface area contributed by atoms with Gasteiger partial charge in [-0.1, -0.05) is 24.3 Å². The van der Waals surface area contributed by atoms with E-state index in [0.29, 0.717) is 10.7 Å². The van der Waals surface area contributed by atoms with Crippen molar-refractivity contribution in [3.8, 4) is 5.75 Å². The molecule has 0 spiro atoms. The molecule has 1 heterocycles. The molecular formula is C23H23N3O5S. The van der Waals surface area contributed by atoms with Crippen LogP contribution in [0.5, 0.6) is 5.75 Å². The fourth-order valence-corrected chi connectivity index (χ4v) is 3.60. The molecule has 0 fully saturated rings. The molecule has 2 aromatic carbocycles. The number of benzene rings is 2. The number of amides is 2. The Morgan fingerprint density at radius 2 is 1.91 bits per heavy atom. The molecule has 3 N–H and O–H groups in total. The lowest BCUT2D eigenvalue weighted by molar-refractivity contribution is -0.120. The number of thiazole rings is 1. The Kier molecular flexibility index (Phi) is 7.56. The largest absolute Gasteiger partial charge is 0.483 e.